The Morgan fingerprint density at radius 3 is 1.14 bits per heavy atom. The lowest BCUT2D eigenvalue weighted by atomic mass is 10.1. The van der Waals surface area contributed by atoms with Crippen LogP contribution in [0.3, 0.4) is 0 Å². The molecule has 4 atom stereocenters. The quantitative estimate of drug-likeness (QED) is 0.0231. The Bertz CT molecular complexity index is 1280. The number of allylic oxidation sites excluding steroid dienone is 3. The number of carbonyl (C=O) groups excluding carboxylic acids is 4. The fourth-order valence-electron chi connectivity index (χ4n) is 8.21. The number of aliphatic hydroxyl groups excluding tert-OH is 2. The van der Waals surface area contributed by atoms with E-state index in [0.717, 1.165) is 167 Å². The lowest BCUT2D eigenvalue weighted by Gasteiger charge is -2.18. The Hall–Kier alpha value is -3.18. The Labute approximate surface area is 422 Å². The fourth-order valence-corrected chi connectivity index (χ4v) is 8.21. The highest BCUT2D eigenvalue weighted by Crippen LogP contribution is 2.16. The molecule has 4 N–H and O–H groups in total. The molecule has 0 bridgehead atoms. The van der Waals surface area contributed by atoms with Gasteiger partial charge in [0.1, 0.15) is 19.3 Å². The van der Waals surface area contributed by atoms with E-state index in [1.54, 1.807) is 0 Å². The zero-order valence-electron chi connectivity index (χ0n) is 44.5. The summed E-state index contributed by atoms with van der Waals surface area (Å²) in [6.07, 6.45) is 47.3. The number of rotatable bonds is 51. The summed E-state index contributed by atoms with van der Waals surface area (Å²) in [5.41, 5.74) is 5.26. The molecule has 4 unspecified atom stereocenters. The summed E-state index contributed by atoms with van der Waals surface area (Å²) < 4.78 is 22.0. The van der Waals surface area contributed by atoms with Gasteiger partial charge >= 0.3 is 24.0 Å². The largest absolute Gasteiger partial charge is 0.462 e. The summed E-state index contributed by atoms with van der Waals surface area (Å²) in [4.78, 5) is 49.5. The highest BCUT2D eigenvalue weighted by atomic mass is 16.6. The van der Waals surface area contributed by atoms with Crippen molar-refractivity contribution >= 4 is 24.0 Å². The number of esters is 3. The van der Waals surface area contributed by atoms with Crippen LogP contribution in [0.2, 0.25) is 0 Å². The molecule has 0 heterocycles. The van der Waals surface area contributed by atoms with E-state index in [-0.39, 0.29) is 68.7 Å². The standard InChI is InChI=1S/C58H105NO10/c1-4-7-10-31-40-51(60)42-33-25-19-13-16-22-28-37-46-55(62)66-49-54(68-57(64)48-39-30-24-17-14-20-26-34-43-52(61)41-32-11-8-5-2)50-67-56(63)47-38-29-23-18-15-21-27-36-45-53(69-58(59)65)44-35-12-9-6-3/h25-27,33-34,36,51-54,60-61H,4-24,28-32,35,37-50H2,1-3H3,(H2,59,65)/b33-25+,34-26+,36-27+. The van der Waals surface area contributed by atoms with Gasteiger partial charge in [-0.05, 0) is 96.3 Å². The SMILES string of the molecule is CCCCCCC(O)C/C=C/CCCCCCCC(=O)OCC(COC(=O)CCCCCCC/C=C/CC(CCCCCC)OC(N)=O)OC(=O)CCCCCCC/C=C/CC(O)CCCCCC. The van der Waals surface area contributed by atoms with Crippen LogP contribution in [0.1, 0.15) is 271 Å². The molecule has 11 heteroatoms. The van der Waals surface area contributed by atoms with Gasteiger partial charge in [0.15, 0.2) is 6.10 Å². The van der Waals surface area contributed by atoms with Gasteiger partial charge in [-0.3, -0.25) is 14.4 Å². The third-order valence-electron chi connectivity index (χ3n) is 12.6. The molecule has 1 amide bonds. The molecule has 0 aliphatic carbocycles. The molecular weight excluding hydrogens is 871 g/mol. The molecule has 0 rings (SSSR count). The number of hydrogen-bond donors (Lipinski definition) is 3. The lowest BCUT2D eigenvalue weighted by molar-refractivity contribution is -0.167. The topological polar surface area (TPSA) is 172 Å². The average Bonchev–Trinajstić information content (AvgIpc) is 3.32. The number of nitrogens with two attached hydrogens (primary N) is 1. The van der Waals surface area contributed by atoms with E-state index in [0.29, 0.717) is 19.3 Å². The first-order valence-electron chi connectivity index (χ1n) is 28.4. The number of carbonyl (C=O) groups is 4. The number of primary amides is 1. The third kappa shape index (κ3) is 49.6. The Balaban J connectivity index is 4.60. The minimum absolute atomic E-state index is 0.146. The molecule has 0 aliphatic heterocycles. The molecule has 0 aromatic rings. The minimum atomic E-state index is -0.853. The molecule has 0 aromatic carbocycles. The average molecular weight is 976 g/mol. The molecule has 0 saturated carbocycles. The van der Waals surface area contributed by atoms with E-state index < -0.39 is 12.2 Å². The van der Waals surface area contributed by atoms with Crippen molar-refractivity contribution in [3.8, 4) is 0 Å². The molecule has 69 heavy (non-hydrogen) atoms. The highest BCUT2D eigenvalue weighted by Gasteiger charge is 2.20. The minimum Gasteiger partial charge on any atom is -0.462 e. The molecule has 0 fully saturated rings. The molecule has 402 valence electrons. The van der Waals surface area contributed by atoms with Crippen LogP contribution in [-0.2, 0) is 33.3 Å². The van der Waals surface area contributed by atoms with Gasteiger partial charge in [0, 0.05) is 25.7 Å². The predicted molar refractivity (Wildman–Crippen MR) is 283 cm³/mol. The van der Waals surface area contributed by atoms with Gasteiger partial charge < -0.3 is 34.9 Å². The van der Waals surface area contributed by atoms with Gasteiger partial charge in [-0.1, -0.05) is 186 Å². The Kier molecular flexibility index (Phi) is 48.8. The first kappa shape index (κ1) is 65.8. The van der Waals surface area contributed by atoms with Crippen LogP contribution in [0.15, 0.2) is 36.5 Å². The summed E-state index contributed by atoms with van der Waals surface area (Å²) in [6, 6.07) is 0. The van der Waals surface area contributed by atoms with Gasteiger partial charge in [-0.25, -0.2) is 4.79 Å². The number of amides is 1. The smallest absolute Gasteiger partial charge is 0.404 e. The van der Waals surface area contributed by atoms with E-state index in [2.05, 4.69) is 57.2 Å². The van der Waals surface area contributed by atoms with Crippen LogP contribution in [0, 0.1) is 0 Å². The van der Waals surface area contributed by atoms with Gasteiger partial charge in [0.25, 0.3) is 0 Å². The van der Waals surface area contributed by atoms with Crippen LogP contribution in [-0.4, -0.2) is 71.8 Å². The maximum atomic E-state index is 12.9. The summed E-state index contributed by atoms with van der Waals surface area (Å²) >= 11 is 0. The van der Waals surface area contributed by atoms with Gasteiger partial charge in [0.2, 0.25) is 0 Å². The fraction of sp³-hybridized carbons (Fsp3) is 0.828. The van der Waals surface area contributed by atoms with Crippen molar-refractivity contribution in [2.75, 3.05) is 13.2 Å². The van der Waals surface area contributed by atoms with Crippen molar-refractivity contribution in [2.24, 2.45) is 5.73 Å². The zero-order chi connectivity index (χ0) is 50.7. The van der Waals surface area contributed by atoms with E-state index >= 15 is 0 Å². The Morgan fingerprint density at radius 2 is 0.739 bits per heavy atom. The summed E-state index contributed by atoms with van der Waals surface area (Å²) in [6.45, 7) is 6.27. The van der Waals surface area contributed by atoms with Crippen molar-refractivity contribution in [1.29, 1.82) is 0 Å². The van der Waals surface area contributed by atoms with Gasteiger partial charge in [-0.2, -0.15) is 0 Å². The van der Waals surface area contributed by atoms with Crippen LogP contribution >= 0.6 is 0 Å². The normalized spacial score (nSPS) is 13.5. The summed E-state index contributed by atoms with van der Waals surface area (Å²) in [5, 5.41) is 20.3. The van der Waals surface area contributed by atoms with E-state index in [1.165, 1.54) is 44.9 Å². The van der Waals surface area contributed by atoms with E-state index in [1.807, 2.05) is 0 Å². The van der Waals surface area contributed by atoms with Gasteiger partial charge in [0.05, 0.1) is 12.2 Å². The summed E-state index contributed by atoms with van der Waals surface area (Å²) in [7, 11) is 0. The second-order valence-corrected chi connectivity index (χ2v) is 19.4. The van der Waals surface area contributed by atoms with Crippen LogP contribution in [0.25, 0.3) is 0 Å². The van der Waals surface area contributed by atoms with Crippen LogP contribution < -0.4 is 5.73 Å². The molecule has 0 aromatic heterocycles. The monoisotopic (exact) mass is 976 g/mol. The zero-order valence-corrected chi connectivity index (χ0v) is 44.5. The third-order valence-corrected chi connectivity index (χ3v) is 12.6. The highest BCUT2D eigenvalue weighted by molar-refractivity contribution is 5.71. The number of aliphatic hydroxyl groups is 2. The summed E-state index contributed by atoms with van der Waals surface area (Å²) in [5.74, 6) is -1.08. The molecule has 11 nitrogen and oxygen atoms in total. The van der Waals surface area contributed by atoms with Crippen molar-refractivity contribution in [3.05, 3.63) is 36.5 Å². The van der Waals surface area contributed by atoms with Crippen molar-refractivity contribution in [1.82, 2.24) is 0 Å². The predicted octanol–water partition coefficient (Wildman–Crippen LogP) is 15.1. The van der Waals surface area contributed by atoms with E-state index in [4.69, 9.17) is 24.7 Å². The van der Waals surface area contributed by atoms with Crippen LogP contribution in [0.4, 0.5) is 4.79 Å². The maximum Gasteiger partial charge on any atom is 0.404 e. The molecular formula is C58H105NO10. The first-order chi connectivity index (χ1) is 33.6. The maximum absolute atomic E-state index is 12.9. The van der Waals surface area contributed by atoms with Crippen molar-refractivity contribution < 1.29 is 48.3 Å². The Morgan fingerprint density at radius 1 is 0.391 bits per heavy atom. The van der Waals surface area contributed by atoms with E-state index in [9.17, 15) is 29.4 Å². The molecule has 0 radical (unpaired) electrons. The molecule has 0 spiro atoms. The molecule has 0 saturated heterocycles. The second-order valence-electron chi connectivity index (χ2n) is 19.4. The van der Waals surface area contributed by atoms with Crippen molar-refractivity contribution in [3.63, 3.8) is 0 Å². The van der Waals surface area contributed by atoms with Crippen molar-refractivity contribution in [2.45, 2.75) is 296 Å². The molecule has 0 aliphatic rings. The number of hydrogen-bond acceptors (Lipinski definition) is 10. The second kappa shape index (κ2) is 51.2. The lowest BCUT2D eigenvalue weighted by Crippen LogP contribution is -2.30. The van der Waals surface area contributed by atoms with Crippen LogP contribution in [0.5, 0.6) is 0 Å². The first-order valence-corrected chi connectivity index (χ1v) is 28.4. The number of unbranched alkanes of at least 4 members (excludes halogenated alkanes) is 24. The van der Waals surface area contributed by atoms with Gasteiger partial charge in [-0.15, -0.1) is 0 Å². The number of ether oxygens (including phenoxy) is 4.